The number of rotatable bonds is 0. The molecule has 1 aromatic heterocycles. The molecule has 0 spiro atoms. The number of hydrogen-bond donors (Lipinski definition) is 1. The summed E-state index contributed by atoms with van der Waals surface area (Å²) in [6.07, 6.45) is 0. The van der Waals surface area contributed by atoms with Gasteiger partial charge in [0.1, 0.15) is 0 Å². The van der Waals surface area contributed by atoms with Gasteiger partial charge in [-0.1, -0.05) is 0 Å². The molecule has 0 saturated carbocycles. The summed E-state index contributed by atoms with van der Waals surface area (Å²) >= 11 is 2.57. The van der Waals surface area contributed by atoms with Crippen LogP contribution in [-0.4, -0.2) is 36.6 Å². The van der Waals surface area contributed by atoms with Gasteiger partial charge in [0.2, 0.25) is 0 Å². The molecule has 1 radical (unpaired) electrons. The third kappa shape index (κ3) is 0.554. The average molecular weight is 148 g/mol. The van der Waals surface area contributed by atoms with E-state index in [4.69, 9.17) is 0 Å². The predicted molar refractivity (Wildman–Crippen MR) is 19.6 cm³/mol. The van der Waals surface area contributed by atoms with Gasteiger partial charge in [0.25, 0.3) is 0 Å². The summed E-state index contributed by atoms with van der Waals surface area (Å²) in [5.41, 5.74) is 0. The molecule has 0 amide bonds. The SMILES string of the molecule is [Se]c1nn[nH]n1. The van der Waals surface area contributed by atoms with Crippen molar-refractivity contribution in [1.29, 1.82) is 0 Å². The van der Waals surface area contributed by atoms with Crippen LogP contribution in [0.25, 0.3) is 0 Å². The van der Waals surface area contributed by atoms with E-state index in [1.807, 2.05) is 0 Å². The summed E-state index contributed by atoms with van der Waals surface area (Å²) in [6, 6.07) is 0. The van der Waals surface area contributed by atoms with E-state index in [2.05, 4.69) is 36.6 Å². The van der Waals surface area contributed by atoms with Crippen LogP contribution in [0.15, 0.2) is 0 Å². The molecule has 0 atom stereocenters. The van der Waals surface area contributed by atoms with Crippen LogP contribution in [0.2, 0.25) is 0 Å². The topological polar surface area (TPSA) is 54.5 Å². The second-order valence-electron chi connectivity index (χ2n) is 0.694. The zero-order valence-electron chi connectivity index (χ0n) is 2.75. The molecule has 1 N–H and O–H groups in total. The van der Waals surface area contributed by atoms with E-state index >= 15 is 0 Å². The van der Waals surface area contributed by atoms with Crippen molar-refractivity contribution in [3.05, 3.63) is 0 Å². The Bertz CT molecular complexity index is 111. The number of tetrazole rings is 1. The normalized spacial score (nSPS) is 8.67. The van der Waals surface area contributed by atoms with Crippen molar-refractivity contribution in [2.75, 3.05) is 0 Å². The minimum atomic E-state index is 0.551. The molecule has 0 aliphatic heterocycles. The molecular weight excluding hydrogens is 147 g/mol. The Morgan fingerprint density at radius 1 is 1.67 bits per heavy atom. The van der Waals surface area contributed by atoms with E-state index in [0.717, 1.165) is 0 Å². The maximum absolute atomic E-state index is 3.51. The van der Waals surface area contributed by atoms with Crippen molar-refractivity contribution >= 4 is 20.7 Å². The van der Waals surface area contributed by atoms with Crippen LogP contribution in [0, 0.1) is 0 Å². The molecular formula is CHN4Se. The number of aromatic nitrogens is 4. The van der Waals surface area contributed by atoms with Gasteiger partial charge in [-0.25, -0.2) is 0 Å². The van der Waals surface area contributed by atoms with Crippen molar-refractivity contribution in [3.8, 4) is 0 Å². The van der Waals surface area contributed by atoms with Gasteiger partial charge in [0.05, 0.1) is 0 Å². The first-order valence-electron chi connectivity index (χ1n) is 1.30. The van der Waals surface area contributed by atoms with E-state index < -0.39 is 0 Å². The van der Waals surface area contributed by atoms with Crippen molar-refractivity contribution in [2.45, 2.75) is 0 Å². The summed E-state index contributed by atoms with van der Waals surface area (Å²) in [5, 5.41) is 12.5. The van der Waals surface area contributed by atoms with Gasteiger partial charge in [0, 0.05) is 0 Å². The summed E-state index contributed by atoms with van der Waals surface area (Å²) in [5.74, 6) is 0. The van der Waals surface area contributed by atoms with E-state index in [0.29, 0.717) is 4.72 Å². The summed E-state index contributed by atoms with van der Waals surface area (Å²) in [6.45, 7) is 0. The second kappa shape index (κ2) is 1.36. The molecule has 5 heteroatoms. The van der Waals surface area contributed by atoms with E-state index in [1.54, 1.807) is 0 Å². The molecule has 1 rings (SSSR count). The van der Waals surface area contributed by atoms with E-state index in [1.165, 1.54) is 0 Å². The van der Waals surface area contributed by atoms with Gasteiger partial charge in [0.15, 0.2) is 0 Å². The van der Waals surface area contributed by atoms with E-state index in [9.17, 15) is 0 Å². The zero-order chi connectivity index (χ0) is 4.41. The van der Waals surface area contributed by atoms with Gasteiger partial charge >= 0.3 is 41.4 Å². The Balaban J connectivity index is 3.05. The predicted octanol–water partition coefficient (Wildman–Crippen LogP) is -2.01. The summed E-state index contributed by atoms with van der Waals surface area (Å²) in [7, 11) is 0. The van der Waals surface area contributed by atoms with Crippen LogP contribution in [-0.2, 0) is 0 Å². The zero-order valence-corrected chi connectivity index (χ0v) is 4.46. The van der Waals surface area contributed by atoms with Crippen molar-refractivity contribution in [2.24, 2.45) is 0 Å². The molecule has 0 saturated heterocycles. The van der Waals surface area contributed by atoms with Crippen LogP contribution >= 0.6 is 0 Å². The number of H-pyrrole nitrogens is 1. The van der Waals surface area contributed by atoms with Gasteiger partial charge in [-0.05, 0) is 0 Å². The third-order valence-corrected chi connectivity index (χ3v) is 0.689. The first-order valence-corrected chi connectivity index (χ1v) is 2.16. The van der Waals surface area contributed by atoms with Crippen molar-refractivity contribution < 1.29 is 0 Å². The molecule has 0 unspecified atom stereocenters. The van der Waals surface area contributed by atoms with E-state index in [-0.39, 0.29) is 0 Å². The molecule has 1 heterocycles. The molecule has 1 aromatic rings. The van der Waals surface area contributed by atoms with Gasteiger partial charge in [-0.3, -0.25) is 0 Å². The minimum absolute atomic E-state index is 0.551. The number of hydrogen-bond acceptors (Lipinski definition) is 3. The molecule has 0 aliphatic carbocycles. The molecule has 31 valence electrons. The Kier molecular flexibility index (Phi) is 0.855. The Morgan fingerprint density at radius 3 is 2.67 bits per heavy atom. The number of nitrogens with one attached hydrogen (secondary N) is 1. The van der Waals surface area contributed by atoms with Crippen LogP contribution in [0.3, 0.4) is 0 Å². The van der Waals surface area contributed by atoms with Gasteiger partial charge in [-0.15, -0.1) is 0 Å². The fourth-order valence-corrected chi connectivity index (χ4v) is 0.324. The van der Waals surface area contributed by atoms with Crippen LogP contribution < -0.4 is 4.72 Å². The molecule has 6 heavy (non-hydrogen) atoms. The molecule has 4 nitrogen and oxygen atoms in total. The first-order chi connectivity index (χ1) is 2.89. The van der Waals surface area contributed by atoms with Crippen molar-refractivity contribution in [3.63, 3.8) is 0 Å². The molecule has 0 aromatic carbocycles. The van der Waals surface area contributed by atoms with Gasteiger partial charge < -0.3 is 0 Å². The van der Waals surface area contributed by atoms with Crippen molar-refractivity contribution in [1.82, 2.24) is 20.6 Å². The summed E-state index contributed by atoms with van der Waals surface area (Å²) < 4.78 is 0.551. The second-order valence-corrected chi connectivity index (χ2v) is 1.46. The van der Waals surface area contributed by atoms with Crippen LogP contribution in [0.1, 0.15) is 0 Å². The van der Waals surface area contributed by atoms with Gasteiger partial charge in [-0.2, -0.15) is 0 Å². The average Bonchev–Trinajstić information content (AvgIpc) is 1.86. The standard InChI is InChI=1S/CHN4Se/c6-1-2-4-5-3-1/h(H,2,3,4,5). The summed E-state index contributed by atoms with van der Waals surface area (Å²) in [4.78, 5) is 0. The Hall–Kier alpha value is -0.411. The molecule has 0 fully saturated rings. The fourth-order valence-electron chi connectivity index (χ4n) is 0.153. The molecule has 0 aliphatic rings. The monoisotopic (exact) mass is 149 g/mol. The number of aromatic amines is 1. The van der Waals surface area contributed by atoms with Crippen LogP contribution in [0.5, 0.6) is 0 Å². The molecule has 0 bridgehead atoms. The first kappa shape index (κ1) is 3.77. The Labute approximate surface area is 42.1 Å². The number of nitrogens with zero attached hydrogens (tertiary/aromatic N) is 3. The quantitative estimate of drug-likeness (QED) is 0.432. The maximum atomic E-state index is 3.51. The Morgan fingerprint density at radius 2 is 2.50 bits per heavy atom. The third-order valence-electron chi connectivity index (χ3n) is 0.326. The fraction of sp³-hybridized carbons (Fsp3) is 0. The van der Waals surface area contributed by atoms with Crippen LogP contribution in [0.4, 0.5) is 0 Å².